The molecule has 0 aliphatic carbocycles. The summed E-state index contributed by atoms with van der Waals surface area (Å²) in [6.45, 7) is 0. The van der Waals surface area contributed by atoms with Gasteiger partial charge in [0.05, 0.1) is 11.8 Å². The molecule has 0 spiro atoms. The number of halogens is 3. The van der Waals surface area contributed by atoms with Crippen LogP contribution in [0.4, 0.5) is 13.2 Å². The fourth-order valence-corrected chi connectivity index (χ4v) is 3.74. The molecule has 1 aliphatic rings. The Labute approximate surface area is 127 Å². The van der Waals surface area contributed by atoms with Gasteiger partial charge >= 0.3 is 6.18 Å². The Morgan fingerprint density at radius 3 is 2.48 bits per heavy atom. The zero-order valence-electron chi connectivity index (χ0n) is 11.1. The average Bonchev–Trinajstić information content (AvgIpc) is 3.04. The summed E-state index contributed by atoms with van der Waals surface area (Å²) in [5.74, 6) is -1.73. The van der Waals surface area contributed by atoms with Crippen LogP contribution in [0.3, 0.4) is 0 Å². The van der Waals surface area contributed by atoms with Gasteiger partial charge in [0.25, 0.3) is 22.2 Å². The number of aromatic amines is 1. The lowest BCUT2D eigenvalue weighted by atomic mass is 10.2. The molecule has 2 heterocycles. The van der Waals surface area contributed by atoms with Gasteiger partial charge in [-0.15, -0.1) is 0 Å². The fourth-order valence-electron chi connectivity index (χ4n) is 2.11. The van der Waals surface area contributed by atoms with Crippen LogP contribution in [0, 0.1) is 0 Å². The number of alkyl halides is 3. The summed E-state index contributed by atoms with van der Waals surface area (Å²) < 4.78 is 68.8. The maximum absolute atomic E-state index is 13.3. The quantitative estimate of drug-likeness (QED) is 0.909. The van der Waals surface area contributed by atoms with E-state index in [1.807, 2.05) is 0 Å². The number of aromatic nitrogens is 2. The monoisotopic (exact) mass is 347 g/mol. The molecule has 23 heavy (non-hydrogen) atoms. The van der Waals surface area contributed by atoms with Gasteiger partial charge < -0.3 is 4.74 Å². The Hall–Kier alpha value is -2.56. The molecule has 1 aromatic heterocycles. The number of hydrogen-bond donors (Lipinski definition) is 1. The first-order chi connectivity index (χ1) is 10.7. The van der Waals surface area contributed by atoms with Crippen molar-refractivity contribution in [2.24, 2.45) is 0 Å². The number of rotatable bonds is 3. The SMILES string of the molecule is O=C1c2ccccc2S(=O)(=O)N1C(Oc1ccn[nH]1)C(F)(F)F. The number of fused-ring (bicyclic) bond motifs is 1. The van der Waals surface area contributed by atoms with Crippen molar-refractivity contribution in [3.8, 4) is 5.88 Å². The number of amides is 1. The third-order valence-corrected chi connectivity index (χ3v) is 4.85. The molecule has 0 radical (unpaired) electrons. The average molecular weight is 347 g/mol. The second kappa shape index (κ2) is 4.98. The predicted octanol–water partition coefficient (Wildman–Crippen LogP) is 1.52. The molecule has 1 aromatic carbocycles. The Bertz CT molecular complexity index is 849. The lowest BCUT2D eigenvalue weighted by Gasteiger charge is -2.27. The molecule has 0 saturated carbocycles. The van der Waals surface area contributed by atoms with Gasteiger partial charge in [0.1, 0.15) is 4.90 Å². The summed E-state index contributed by atoms with van der Waals surface area (Å²) in [5.41, 5.74) is -0.338. The Kier molecular flexibility index (Phi) is 3.32. The number of carbonyl (C=O) groups is 1. The van der Waals surface area contributed by atoms with Crippen molar-refractivity contribution < 1.29 is 31.1 Å². The molecular formula is C12H8F3N3O4S. The highest BCUT2D eigenvalue weighted by Gasteiger charge is 2.56. The second-order valence-corrected chi connectivity index (χ2v) is 6.32. The van der Waals surface area contributed by atoms with Gasteiger partial charge in [-0.1, -0.05) is 12.1 Å². The highest BCUT2D eigenvalue weighted by molar-refractivity contribution is 7.90. The smallest absolute Gasteiger partial charge is 0.443 e. The normalized spacial score (nSPS) is 17.9. The molecule has 0 saturated heterocycles. The van der Waals surface area contributed by atoms with E-state index in [2.05, 4.69) is 14.9 Å². The van der Waals surface area contributed by atoms with Crippen molar-refractivity contribution in [1.29, 1.82) is 0 Å². The van der Waals surface area contributed by atoms with Crippen LogP contribution < -0.4 is 4.74 Å². The molecule has 1 amide bonds. The maximum atomic E-state index is 13.3. The van der Waals surface area contributed by atoms with Crippen molar-refractivity contribution in [3.63, 3.8) is 0 Å². The summed E-state index contributed by atoms with van der Waals surface area (Å²) in [6, 6.07) is 5.93. The topological polar surface area (TPSA) is 92.4 Å². The third kappa shape index (κ3) is 2.42. The van der Waals surface area contributed by atoms with Gasteiger partial charge in [-0.05, 0) is 12.1 Å². The molecule has 0 fully saturated rings. The van der Waals surface area contributed by atoms with Crippen LogP contribution in [0.2, 0.25) is 0 Å². The molecule has 2 aromatic rings. The first kappa shape index (κ1) is 15.3. The van der Waals surface area contributed by atoms with Crippen molar-refractivity contribution in [2.75, 3.05) is 0 Å². The van der Waals surface area contributed by atoms with Crippen molar-refractivity contribution in [2.45, 2.75) is 17.3 Å². The van der Waals surface area contributed by atoms with Gasteiger partial charge in [-0.3, -0.25) is 4.79 Å². The summed E-state index contributed by atoms with van der Waals surface area (Å²) in [7, 11) is -4.68. The van der Waals surface area contributed by atoms with Crippen LogP contribution in [0.15, 0.2) is 41.4 Å². The van der Waals surface area contributed by atoms with Gasteiger partial charge in [0.2, 0.25) is 5.88 Å². The Morgan fingerprint density at radius 1 is 1.22 bits per heavy atom. The number of H-pyrrole nitrogens is 1. The lowest BCUT2D eigenvalue weighted by molar-refractivity contribution is -0.218. The predicted molar refractivity (Wildman–Crippen MR) is 68.9 cm³/mol. The number of sulfonamides is 1. The van der Waals surface area contributed by atoms with E-state index in [0.29, 0.717) is 0 Å². The molecule has 7 nitrogen and oxygen atoms in total. The number of nitrogens with one attached hydrogen (secondary N) is 1. The van der Waals surface area contributed by atoms with E-state index < -0.39 is 39.1 Å². The van der Waals surface area contributed by atoms with Crippen LogP contribution in [0.1, 0.15) is 10.4 Å². The molecule has 1 aliphatic heterocycles. The van der Waals surface area contributed by atoms with Gasteiger partial charge in [0, 0.05) is 6.07 Å². The zero-order valence-corrected chi connectivity index (χ0v) is 11.9. The Morgan fingerprint density at radius 2 is 1.91 bits per heavy atom. The van der Waals surface area contributed by atoms with Crippen LogP contribution in [0.5, 0.6) is 5.88 Å². The summed E-state index contributed by atoms with van der Waals surface area (Å²) >= 11 is 0. The first-order valence-corrected chi connectivity index (χ1v) is 7.57. The van der Waals surface area contributed by atoms with Crippen molar-refractivity contribution in [1.82, 2.24) is 14.5 Å². The molecule has 1 N–H and O–H groups in total. The van der Waals surface area contributed by atoms with E-state index >= 15 is 0 Å². The third-order valence-electron chi connectivity index (χ3n) is 3.06. The highest BCUT2D eigenvalue weighted by Crippen LogP contribution is 2.37. The summed E-state index contributed by atoms with van der Waals surface area (Å²) in [4.78, 5) is 11.7. The number of nitrogens with zero attached hydrogens (tertiary/aromatic N) is 2. The molecule has 11 heteroatoms. The van der Waals surface area contributed by atoms with E-state index in [0.717, 1.165) is 24.4 Å². The molecule has 1 atom stereocenters. The van der Waals surface area contributed by atoms with E-state index in [4.69, 9.17) is 0 Å². The van der Waals surface area contributed by atoms with E-state index in [-0.39, 0.29) is 9.87 Å². The Balaban J connectivity index is 2.09. The van der Waals surface area contributed by atoms with Crippen LogP contribution >= 0.6 is 0 Å². The van der Waals surface area contributed by atoms with Gasteiger partial charge in [-0.2, -0.15) is 22.6 Å². The minimum Gasteiger partial charge on any atom is -0.443 e. The standard InChI is InChI=1S/C12H8F3N3O4S/c13-12(14,15)11(22-9-5-6-16-17-9)18-10(19)7-3-1-2-4-8(7)23(18,20)21/h1-6,11H,(H,16,17). The van der Waals surface area contributed by atoms with E-state index in [1.165, 1.54) is 12.1 Å². The highest BCUT2D eigenvalue weighted by atomic mass is 32.2. The minimum absolute atomic E-state index is 0.307. The first-order valence-electron chi connectivity index (χ1n) is 6.13. The minimum atomic E-state index is -5.14. The molecular weight excluding hydrogens is 339 g/mol. The molecule has 1 unspecified atom stereocenters. The van der Waals surface area contributed by atoms with Gasteiger partial charge in [0.15, 0.2) is 0 Å². The number of carbonyl (C=O) groups excluding carboxylic acids is 1. The van der Waals surface area contributed by atoms with Gasteiger partial charge in [-0.25, -0.2) is 13.5 Å². The maximum Gasteiger partial charge on any atom is 0.446 e. The summed E-state index contributed by atoms with van der Waals surface area (Å²) in [6.07, 6.45) is -7.03. The fraction of sp³-hybridized carbons (Fsp3) is 0.167. The van der Waals surface area contributed by atoms with Crippen molar-refractivity contribution >= 4 is 15.9 Å². The van der Waals surface area contributed by atoms with E-state index in [1.54, 1.807) is 0 Å². The molecule has 3 rings (SSSR count). The lowest BCUT2D eigenvalue weighted by Crippen LogP contribution is -2.52. The largest absolute Gasteiger partial charge is 0.446 e. The number of benzene rings is 1. The number of ether oxygens (including phenoxy) is 1. The van der Waals surface area contributed by atoms with Crippen molar-refractivity contribution in [3.05, 3.63) is 42.1 Å². The second-order valence-electron chi connectivity index (χ2n) is 4.53. The zero-order chi connectivity index (χ0) is 16.8. The number of hydrogen-bond acceptors (Lipinski definition) is 5. The summed E-state index contributed by atoms with van der Waals surface area (Å²) in [5, 5.41) is 5.53. The van der Waals surface area contributed by atoms with Crippen LogP contribution in [0.25, 0.3) is 0 Å². The van der Waals surface area contributed by atoms with Crippen LogP contribution in [-0.4, -0.2) is 41.2 Å². The molecule has 122 valence electrons. The van der Waals surface area contributed by atoms with Crippen LogP contribution in [-0.2, 0) is 10.0 Å². The van der Waals surface area contributed by atoms with E-state index in [9.17, 15) is 26.4 Å². The molecule has 0 bridgehead atoms.